The molecule has 1 atom stereocenters. The van der Waals surface area contributed by atoms with Crippen molar-refractivity contribution in [2.45, 2.75) is 57.7 Å². The Morgan fingerprint density at radius 3 is 2.59 bits per heavy atom. The number of aryl methyl sites for hydroxylation is 1. The summed E-state index contributed by atoms with van der Waals surface area (Å²) in [5, 5.41) is 7.47. The van der Waals surface area contributed by atoms with Crippen molar-refractivity contribution in [3.05, 3.63) is 35.0 Å². The molecule has 2 aromatic rings. The number of rotatable bonds is 3. The van der Waals surface area contributed by atoms with Crippen molar-refractivity contribution in [3.63, 3.8) is 0 Å². The Bertz CT molecular complexity index is 810. The summed E-state index contributed by atoms with van der Waals surface area (Å²) >= 11 is 0. The van der Waals surface area contributed by atoms with Crippen LogP contribution in [0, 0.1) is 0 Å². The van der Waals surface area contributed by atoms with Crippen LogP contribution in [0.15, 0.2) is 16.7 Å². The van der Waals surface area contributed by atoms with E-state index in [4.69, 9.17) is 4.52 Å². The molecule has 27 heavy (non-hydrogen) atoms. The lowest BCUT2D eigenvalue weighted by Crippen LogP contribution is -2.36. The fraction of sp³-hybridized carbons (Fsp3) is 0.611. The van der Waals surface area contributed by atoms with Gasteiger partial charge in [0.1, 0.15) is 5.76 Å². The largest absolute Gasteiger partial charge is 0.435 e. The molecule has 0 saturated carbocycles. The van der Waals surface area contributed by atoms with E-state index in [-0.39, 0.29) is 17.5 Å². The number of alkyl halides is 3. The van der Waals surface area contributed by atoms with Crippen molar-refractivity contribution in [2.24, 2.45) is 7.05 Å². The Balaban J connectivity index is 1.94. The molecule has 0 aliphatic carbocycles. The molecule has 3 rings (SSSR count). The average Bonchev–Trinajstić information content (AvgIpc) is 3.15. The minimum atomic E-state index is -4.52. The molecule has 0 bridgehead atoms. The van der Waals surface area contributed by atoms with E-state index >= 15 is 0 Å². The van der Waals surface area contributed by atoms with Crippen LogP contribution in [0.2, 0.25) is 0 Å². The summed E-state index contributed by atoms with van der Waals surface area (Å²) in [6.45, 7) is 4.32. The number of carbonyl (C=O) groups is 1. The van der Waals surface area contributed by atoms with E-state index in [9.17, 15) is 18.0 Å². The summed E-state index contributed by atoms with van der Waals surface area (Å²) in [5.74, 6) is 0.363. The Kier molecular flexibility index (Phi) is 5.30. The van der Waals surface area contributed by atoms with Crippen LogP contribution in [0.1, 0.15) is 79.1 Å². The van der Waals surface area contributed by atoms with E-state index in [1.807, 2.05) is 13.8 Å². The molecular formula is C18H23F3N4O2. The SMILES string of the molecule is CC(C)c1cc(C(=O)N2CCCCC[C@H]2c2cc(C(F)(F)F)nn2C)no1. The molecule has 3 heterocycles. The van der Waals surface area contributed by atoms with Crippen LogP contribution in [0.25, 0.3) is 0 Å². The summed E-state index contributed by atoms with van der Waals surface area (Å²) < 4.78 is 45.6. The second-order valence-corrected chi connectivity index (χ2v) is 7.21. The van der Waals surface area contributed by atoms with Crippen LogP contribution < -0.4 is 0 Å². The molecule has 1 aliphatic heterocycles. The van der Waals surface area contributed by atoms with E-state index < -0.39 is 17.9 Å². The fourth-order valence-electron chi connectivity index (χ4n) is 3.40. The van der Waals surface area contributed by atoms with Crippen molar-refractivity contribution < 1.29 is 22.5 Å². The van der Waals surface area contributed by atoms with Crippen molar-refractivity contribution >= 4 is 5.91 Å². The Hall–Kier alpha value is -2.32. The van der Waals surface area contributed by atoms with E-state index in [2.05, 4.69) is 10.3 Å². The van der Waals surface area contributed by atoms with Crippen molar-refractivity contribution in [1.82, 2.24) is 19.8 Å². The maximum Gasteiger partial charge on any atom is 0.435 e. The minimum absolute atomic E-state index is 0.0883. The quantitative estimate of drug-likeness (QED) is 0.791. The van der Waals surface area contributed by atoms with Crippen LogP contribution in [-0.4, -0.2) is 32.3 Å². The zero-order valence-corrected chi connectivity index (χ0v) is 15.6. The van der Waals surface area contributed by atoms with Crippen LogP contribution in [0.3, 0.4) is 0 Å². The van der Waals surface area contributed by atoms with Gasteiger partial charge >= 0.3 is 6.18 Å². The topological polar surface area (TPSA) is 64.2 Å². The lowest BCUT2D eigenvalue weighted by atomic mass is 10.1. The van der Waals surface area contributed by atoms with Gasteiger partial charge < -0.3 is 9.42 Å². The zero-order chi connectivity index (χ0) is 19.8. The van der Waals surface area contributed by atoms with Gasteiger partial charge in [-0.15, -0.1) is 0 Å². The second kappa shape index (κ2) is 7.36. The third kappa shape index (κ3) is 4.01. The number of hydrogen-bond donors (Lipinski definition) is 0. The monoisotopic (exact) mass is 384 g/mol. The molecule has 0 unspecified atom stereocenters. The second-order valence-electron chi connectivity index (χ2n) is 7.21. The van der Waals surface area contributed by atoms with Crippen LogP contribution in [0.5, 0.6) is 0 Å². The molecule has 6 nitrogen and oxygen atoms in total. The smallest absolute Gasteiger partial charge is 0.360 e. The molecule has 0 aromatic carbocycles. The number of halogens is 3. The van der Waals surface area contributed by atoms with Crippen molar-refractivity contribution in [3.8, 4) is 0 Å². The first kappa shape index (κ1) is 19.4. The van der Waals surface area contributed by atoms with Crippen molar-refractivity contribution in [2.75, 3.05) is 6.54 Å². The third-order valence-corrected chi connectivity index (χ3v) is 4.88. The van der Waals surface area contributed by atoms with Gasteiger partial charge in [0, 0.05) is 25.6 Å². The lowest BCUT2D eigenvalue weighted by molar-refractivity contribution is -0.141. The summed E-state index contributed by atoms with van der Waals surface area (Å²) in [5.41, 5.74) is -0.380. The first-order valence-electron chi connectivity index (χ1n) is 9.07. The molecule has 1 saturated heterocycles. The van der Waals surface area contributed by atoms with E-state index in [0.717, 1.165) is 25.3 Å². The molecule has 2 aromatic heterocycles. The van der Waals surface area contributed by atoms with Gasteiger partial charge in [0.2, 0.25) is 0 Å². The van der Waals surface area contributed by atoms with Gasteiger partial charge in [0.15, 0.2) is 11.4 Å². The predicted octanol–water partition coefficient (Wildman–Crippen LogP) is 4.31. The highest BCUT2D eigenvalue weighted by molar-refractivity contribution is 5.92. The lowest BCUT2D eigenvalue weighted by Gasteiger charge is -2.29. The number of aromatic nitrogens is 3. The van der Waals surface area contributed by atoms with E-state index in [0.29, 0.717) is 24.4 Å². The molecule has 1 aliphatic rings. The summed E-state index contributed by atoms with van der Waals surface area (Å²) in [4.78, 5) is 14.6. The maximum absolute atomic E-state index is 13.0. The van der Waals surface area contributed by atoms with Gasteiger partial charge in [-0.3, -0.25) is 9.48 Å². The maximum atomic E-state index is 13.0. The van der Waals surface area contributed by atoms with Crippen LogP contribution in [-0.2, 0) is 13.2 Å². The van der Waals surface area contributed by atoms with E-state index in [1.54, 1.807) is 11.0 Å². The fourth-order valence-corrected chi connectivity index (χ4v) is 3.40. The number of amides is 1. The average molecular weight is 384 g/mol. The molecule has 0 radical (unpaired) electrons. The van der Waals surface area contributed by atoms with Crippen LogP contribution in [0.4, 0.5) is 13.2 Å². The Morgan fingerprint density at radius 2 is 2.00 bits per heavy atom. The number of hydrogen-bond acceptors (Lipinski definition) is 4. The molecule has 148 valence electrons. The molecule has 9 heteroatoms. The van der Waals surface area contributed by atoms with Gasteiger partial charge in [-0.25, -0.2) is 0 Å². The third-order valence-electron chi connectivity index (χ3n) is 4.88. The molecular weight excluding hydrogens is 361 g/mol. The minimum Gasteiger partial charge on any atom is -0.360 e. The first-order valence-corrected chi connectivity index (χ1v) is 9.07. The summed E-state index contributed by atoms with van der Waals surface area (Å²) in [6.07, 6.45) is -1.40. The van der Waals surface area contributed by atoms with Crippen molar-refractivity contribution in [1.29, 1.82) is 0 Å². The zero-order valence-electron chi connectivity index (χ0n) is 15.6. The highest BCUT2D eigenvalue weighted by Crippen LogP contribution is 2.35. The number of carbonyl (C=O) groups excluding carboxylic acids is 1. The Labute approximate surface area is 155 Å². The predicted molar refractivity (Wildman–Crippen MR) is 91.0 cm³/mol. The molecule has 0 N–H and O–H groups in total. The van der Waals surface area contributed by atoms with Crippen LogP contribution >= 0.6 is 0 Å². The van der Waals surface area contributed by atoms with Gasteiger partial charge in [-0.05, 0) is 18.9 Å². The normalized spacial score (nSPS) is 18.8. The standard InChI is InChI=1S/C18H23F3N4O2/c1-11(2)15-9-12(23-27-15)17(26)25-8-6-4-5-7-13(25)14-10-16(18(19,20)21)22-24(14)3/h9-11,13H,4-8H2,1-3H3/t13-/m0/s1. The van der Waals surface area contributed by atoms with Gasteiger partial charge in [-0.1, -0.05) is 31.8 Å². The highest BCUT2D eigenvalue weighted by atomic mass is 19.4. The first-order chi connectivity index (χ1) is 12.7. The van der Waals surface area contributed by atoms with Gasteiger partial charge in [-0.2, -0.15) is 18.3 Å². The molecule has 1 amide bonds. The summed E-state index contributed by atoms with van der Waals surface area (Å²) in [6, 6.07) is 2.17. The Morgan fingerprint density at radius 1 is 1.26 bits per heavy atom. The highest BCUT2D eigenvalue weighted by Gasteiger charge is 2.37. The number of likely N-dealkylation sites (tertiary alicyclic amines) is 1. The summed E-state index contributed by atoms with van der Waals surface area (Å²) in [7, 11) is 1.48. The van der Waals surface area contributed by atoms with Gasteiger partial charge in [0.25, 0.3) is 5.91 Å². The molecule has 1 fully saturated rings. The molecule has 0 spiro atoms. The van der Waals surface area contributed by atoms with Gasteiger partial charge in [0.05, 0.1) is 11.7 Å². The van der Waals surface area contributed by atoms with E-state index in [1.165, 1.54) is 11.7 Å². The number of nitrogens with zero attached hydrogens (tertiary/aromatic N) is 4.